The van der Waals surface area contributed by atoms with E-state index in [2.05, 4.69) is 11.0 Å². The molecule has 0 saturated carbocycles. The largest absolute Gasteiger partial charge is 0.300 e. The zero-order valence-electron chi connectivity index (χ0n) is 9.18. The third kappa shape index (κ3) is 1.85. The van der Waals surface area contributed by atoms with Gasteiger partial charge in [0.15, 0.2) is 0 Å². The van der Waals surface area contributed by atoms with Crippen molar-refractivity contribution in [3.05, 3.63) is 33.3 Å². The monoisotopic (exact) mass is 255 g/mol. The van der Waals surface area contributed by atoms with Gasteiger partial charge < -0.3 is 0 Å². The molecule has 0 spiro atoms. The van der Waals surface area contributed by atoms with E-state index in [9.17, 15) is 0 Å². The van der Waals surface area contributed by atoms with Crippen LogP contribution in [0.2, 0.25) is 10.0 Å². The third-order valence-electron chi connectivity index (χ3n) is 3.80. The summed E-state index contributed by atoms with van der Waals surface area (Å²) in [5, 5.41) is 1.62. The van der Waals surface area contributed by atoms with Crippen molar-refractivity contribution < 1.29 is 0 Å². The summed E-state index contributed by atoms with van der Waals surface area (Å²) in [6.45, 7) is 2.51. The molecule has 3 rings (SSSR count). The normalized spacial score (nSPS) is 25.0. The molecule has 3 heteroatoms. The number of rotatable bonds is 1. The summed E-state index contributed by atoms with van der Waals surface area (Å²) in [4.78, 5) is 2.60. The predicted molar refractivity (Wildman–Crippen MR) is 68.5 cm³/mol. The molecule has 0 bridgehead atoms. The van der Waals surface area contributed by atoms with Crippen LogP contribution in [0, 0.1) is 0 Å². The zero-order valence-corrected chi connectivity index (χ0v) is 10.7. The number of likely N-dealkylation sites (tertiary alicyclic amines) is 1. The fourth-order valence-corrected chi connectivity index (χ4v) is 3.61. The van der Waals surface area contributed by atoms with Crippen LogP contribution in [-0.4, -0.2) is 24.0 Å². The lowest BCUT2D eigenvalue weighted by molar-refractivity contribution is 0.250. The van der Waals surface area contributed by atoms with Gasteiger partial charge in [-0.25, -0.2) is 0 Å². The van der Waals surface area contributed by atoms with Gasteiger partial charge in [-0.3, -0.25) is 4.90 Å². The van der Waals surface area contributed by atoms with E-state index >= 15 is 0 Å². The van der Waals surface area contributed by atoms with Crippen LogP contribution in [0.3, 0.4) is 0 Å². The van der Waals surface area contributed by atoms with Gasteiger partial charge in [0.1, 0.15) is 0 Å². The first-order chi connectivity index (χ1) is 7.74. The van der Waals surface area contributed by atoms with Crippen molar-refractivity contribution in [3.8, 4) is 0 Å². The van der Waals surface area contributed by atoms with Crippen molar-refractivity contribution >= 4 is 23.2 Å². The Balaban J connectivity index is 1.85. The summed E-state index contributed by atoms with van der Waals surface area (Å²) in [6.07, 6.45) is 4.92. The van der Waals surface area contributed by atoms with Crippen LogP contribution < -0.4 is 0 Å². The molecule has 0 aromatic heterocycles. The molecule has 2 aliphatic rings. The second-order valence-electron chi connectivity index (χ2n) is 4.83. The Bertz CT molecular complexity index is 411. The van der Waals surface area contributed by atoms with Gasteiger partial charge in [-0.15, -0.1) is 0 Å². The summed E-state index contributed by atoms with van der Waals surface area (Å²) >= 11 is 12.3. The quantitative estimate of drug-likeness (QED) is 0.742. The second-order valence-corrected chi connectivity index (χ2v) is 5.67. The van der Waals surface area contributed by atoms with Crippen LogP contribution in [0.1, 0.15) is 24.0 Å². The average molecular weight is 256 g/mol. The van der Waals surface area contributed by atoms with E-state index in [0.29, 0.717) is 6.04 Å². The minimum Gasteiger partial charge on any atom is -0.300 e. The van der Waals surface area contributed by atoms with Gasteiger partial charge in [0.2, 0.25) is 0 Å². The number of nitrogens with zero attached hydrogens (tertiary/aromatic N) is 1. The third-order valence-corrected chi connectivity index (χ3v) is 4.36. The van der Waals surface area contributed by atoms with Gasteiger partial charge in [-0.05, 0) is 62.0 Å². The fourth-order valence-electron chi connectivity index (χ4n) is 2.99. The first kappa shape index (κ1) is 10.9. The second kappa shape index (κ2) is 4.21. The molecule has 1 aliphatic heterocycles. The lowest BCUT2D eigenvalue weighted by atomic mass is 10.1. The SMILES string of the molecule is Clc1cc(Cl)c2c(c1)C[C@@H](N1CCCC1)C2. The minimum absolute atomic E-state index is 0.661. The molecule has 0 radical (unpaired) electrons. The summed E-state index contributed by atoms with van der Waals surface area (Å²) in [7, 11) is 0. The molecular weight excluding hydrogens is 241 g/mol. The standard InChI is InChI=1S/C13H15Cl2N/c14-10-5-9-6-11(16-3-1-2-4-16)8-12(9)13(15)7-10/h5,7,11H,1-4,6,8H2/t11-/m1/s1. The van der Waals surface area contributed by atoms with Crippen molar-refractivity contribution in [2.24, 2.45) is 0 Å². The summed E-state index contributed by atoms with van der Waals surface area (Å²) in [5.41, 5.74) is 2.68. The van der Waals surface area contributed by atoms with Crippen LogP contribution >= 0.6 is 23.2 Å². The predicted octanol–water partition coefficient (Wildman–Crippen LogP) is 3.56. The Morgan fingerprint density at radius 3 is 2.56 bits per heavy atom. The summed E-state index contributed by atoms with van der Waals surface area (Å²) < 4.78 is 0. The topological polar surface area (TPSA) is 3.24 Å². The average Bonchev–Trinajstić information content (AvgIpc) is 2.82. The van der Waals surface area contributed by atoms with E-state index in [1.165, 1.54) is 37.1 Å². The molecule has 16 heavy (non-hydrogen) atoms. The number of hydrogen-bond acceptors (Lipinski definition) is 1. The summed E-state index contributed by atoms with van der Waals surface area (Å²) in [6, 6.07) is 4.61. The molecule has 1 heterocycles. The lowest BCUT2D eigenvalue weighted by Gasteiger charge is -2.22. The van der Waals surface area contributed by atoms with Crippen molar-refractivity contribution in [2.75, 3.05) is 13.1 Å². The van der Waals surface area contributed by atoms with Gasteiger partial charge in [0.25, 0.3) is 0 Å². The maximum atomic E-state index is 6.24. The van der Waals surface area contributed by atoms with E-state index in [1.54, 1.807) is 0 Å². The molecule has 1 aromatic rings. The number of hydrogen-bond donors (Lipinski definition) is 0. The van der Waals surface area contributed by atoms with Crippen LogP contribution in [0.5, 0.6) is 0 Å². The smallest absolute Gasteiger partial charge is 0.0456 e. The molecule has 1 atom stereocenters. The Labute approximate surface area is 106 Å². The van der Waals surface area contributed by atoms with Gasteiger partial charge >= 0.3 is 0 Å². The van der Waals surface area contributed by atoms with Crippen molar-refractivity contribution in [3.63, 3.8) is 0 Å². The first-order valence-corrected chi connectivity index (χ1v) is 6.70. The highest BCUT2D eigenvalue weighted by molar-refractivity contribution is 6.35. The van der Waals surface area contributed by atoms with Gasteiger partial charge in [0, 0.05) is 16.1 Å². The maximum absolute atomic E-state index is 6.24. The van der Waals surface area contributed by atoms with Crippen molar-refractivity contribution in [2.45, 2.75) is 31.7 Å². The Kier molecular flexibility index (Phi) is 2.87. The van der Waals surface area contributed by atoms with E-state index in [1.807, 2.05) is 6.07 Å². The van der Waals surface area contributed by atoms with Gasteiger partial charge in [-0.2, -0.15) is 0 Å². The van der Waals surface area contributed by atoms with Crippen LogP contribution in [-0.2, 0) is 12.8 Å². The Morgan fingerprint density at radius 2 is 1.81 bits per heavy atom. The number of halogens is 2. The molecule has 1 saturated heterocycles. The molecule has 1 fully saturated rings. The molecular formula is C13H15Cl2N. The lowest BCUT2D eigenvalue weighted by Crippen LogP contribution is -2.33. The van der Waals surface area contributed by atoms with E-state index in [-0.39, 0.29) is 0 Å². The van der Waals surface area contributed by atoms with Crippen molar-refractivity contribution in [1.29, 1.82) is 0 Å². The molecule has 1 nitrogen and oxygen atoms in total. The highest BCUT2D eigenvalue weighted by Crippen LogP contribution is 2.34. The molecule has 0 amide bonds. The number of benzene rings is 1. The molecule has 1 aliphatic carbocycles. The maximum Gasteiger partial charge on any atom is 0.0456 e. The first-order valence-electron chi connectivity index (χ1n) is 5.95. The zero-order chi connectivity index (χ0) is 11.1. The molecule has 0 N–H and O–H groups in total. The fraction of sp³-hybridized carbons (Fsp3) is 0.538. The van der Waals surface area contributed by atoms with E-state index in [0.717, 1.165) is 22.9 Å². The van der Waals surface area contributed by atoms with Gasteiger partial charge in [0.05, 0.1) is 0 Å². The van der Waals surface area contributed by atoms with Crippen LogP contribution in [0.25, 0.3) is 0 Å². The minimum atomic E-state index is 0.661. The highest BCUT2D eigenvalue weighted by Gasteiger charge is 2.29. The van der Waals surface area contributed by atoms with Crippen LogP contribution in [0.4, 0.5) is 0 Å². The van der Waals surface area contributed by atoms with Gasteiger partial charge in [-0.1, -0.05) is 23.2 Å². The van der Waals surface area contributed by atoms with Crippen molar-refractivity contribution in [1.82, 2.24) is 4.90 Å². The van der Waals surface area contributed by atoms with E-state index in [4.69, 9.17) is 23.2 Å². The molecule has 0 unspecified atom stereocenters. The van der Waals surface area contributed by atoms with Crippen LogP contribution in [0.15, 0.2) is 12.1 Å². The number of fused-ring (bicyclic) bond motifs is 1. The molecule has 1 aromatic carbocycles. The summed E-state index contributed by atoms with van der Waals surface area (Å²) in [5.74, 6) is 0. The van der Waals surface area contributed by atoms with E-state index < -0.39 is 0 Å². The molecule has 86 valence electrons. The Morgan fingerprint density at radius 1 is 1.06 bits per heavy atom. The highest BCUT2D eigenvalue weighted by atomic mass is 35.5. The Hall–Kier alpha value is -0.240.